The second-order valence-corrected chi connectivity index (χ2v) is 13.7. The van der Waals surface area contributed by atoms with Gasteiger partial charge in [0, 0.05) is 25.6 Å². The smallest absolute Gasteiger partial charge is 0.246 e. The SMILES string of the molecule is CCCC[N+](CCCC)(CCCC)CCCC.COc1ccc(C(c2ccccc2)C2CCCN(CCNC(=O)COCC(=O)[O-])C2)cc1. The Labute approximate surface area is 298 Å². The first-order chi connectivity index (χ1) is 23.8. The number of hydrogen-bond acceptors (Lipinski definition) is 6. The number of piperidine rings is 1. The normalized spacial score (nSPS) is 15.6. The van der Waals surface area contributed by atoms with Gasteiger partial charge in [-0.3, -0.25) is 4.79 Å². The fourth-order valence-electron chi connectivity index (χ4n) is 7.05. The van der Waals surface area contributed by atoms with E-state index in [1.165, 1.54) is 93.2 Å². The number of hydrogen-bond donors (Lipinski definition) is 1. The summed E-state index contributed by atoms with van der Waals surface area (Å²) >= 11 is 0. The first-order valence-corrected chi connectivity index (χ1v) is 19.1. The number of nitrogens with zero attached hydrogens (tertiary/aromatic N) is 2. The number of likely N-dealkylation sites (tertiary alicyclic amines) is 1. The number of carbonyl (C=O) groups excluding carboxylic acids is 2. The minimum atomic E-state index is -1.33. The van der Waals surface area contributed by atoms with E-state index in [1.54, 1.807) is 7.11 Å². The van der Waals surface area contributed by atoms with Gasteiger partial charge in [-0.2, -0.15) is 0 Å². The van der Waals surface area contributed by atoms with Gasteiger partial charge < -0.3 is 34.1 Å². The van der Waals surface area contributed by atoms with Crippen molar-refractivity contribution >= 4 is 11.9 Å². The third-order valence-electron chi connectivity index (χ3n) is 9.79. The van der Waals surface area contributed by atoms with Gasteiger partial charge in [-0.1, -0.05) is 95.8 Å². The fourth-order valence-corrected chi connectivity index (χ4v) is 7.05. The quantitative estimate of drug-likeness (QED) is 0.136. The number of aliphatic carboxylic acids is 1. The van der Waals surface area contributed by atoms with Crippen LogP contribution in [0.4, 0.5) is 0 Å². The Kier molecular flexibility index (Phi) is 21.6. The largest absolute Gasteiger partial charge is 0.548 e. The van der Waals surface area contributed by atoms with Crippen molar-refractivity contribution in [1.29, 1.82) is 0 Å². The Bertz CT molecular complexity index is 1110. The predicted molar refractivity (Wildman–Crippen MR) is 199 cm³/mol. The summed E-state index contributed by atoms with van der Waals surface area (Å²) in [4.78, 5) is 24.5. The molecule has 2 atom stereocenters. The molecule has 0 aliphatic carbocycles. The van der Waals surface area contributed by atoms with E-state index in [2.05, 4.69) is 74.3 Å². The number of rotatable bonds is 23. The molecule has 8 nitrogen and oxygen atoms in total. The van der Waals surface area contributed by atoms with Crippen molar-refractivity contribution in [1.82, 2.24) is 10.2 Å². The molecule has 276 valence electrons. The molecule has 2 aromatic carbocycles. The zero-order chi connectivity index (χ0) is 35.7. The predicted octanol–water partition coefficient (Wildman–Crippen LogP) is 6.43. The van der Waals surface area contributed by atoms with E-state index in [1.807, 2.05) is 18.2 Å². The van der Waals surface area contributed by atoms with Crippen LogP contribution in [-0.2, 0) is 14.3 Å². The molecule has 8 heteroatoms. The number of unbranched alkanes of at least 4 members (excludes halogenated alkanes) is 4. The Morgan fingerprint density at radius 3 is 1.90 bits per heavy atom. The Morgan fingerprint density at radius 2 is 1.39 bits per heavy atom. The second-order valence-electron chi connectivity index (χ2n) is 13.7. The van der Waals surface area contributed by atoms with E-state index in [9.17, 15) is 14.7 Å². The lowest BCUT2D eigenvalue weighted by atomic mass is 9.77. The van der Waals surface area contributed by atoms with E-state index in [4.69, 9.17) is 9.47 Å². The highest BCUT2D eigenvalue weighted by atomic mass is 16.5. The first-order valence-electron chi connectivity index (χ1n) is 19.1. The minimum absolute atomic E-state index is 0.274. The van der Waals surface area contributed by atoms with Crippen LogP contribution >= 0.6 is 0 Å². The van der Waals surface area contributed by atoms with Crippen molar-refractivity contribution in [2.45, 2.75) is 97.8 Å². The number of carboxylic acids is 1. The molecular formula is C41H67N3O5. The molecule has 1 saturated heterocycles. The number of nitrogens with one attached hydrogen (secondary N) is 1. The zero-order valence-electron chi connectivity index (χ0n) is 31.4. The summed E-state index contributed by atoms with van der Waals surface area (Å²) in [5.74, 6) is -0.0495. The molecule has 0 aromatic heterocycles. The van der Waals surface area contributed by atoms with Crippen molar-refractivity contribution in [3.63, 3.8) is 0 Å². The van der Waals surface area contributed by atoms with Gasteiger partial charge in [0.2, 0.25) is 5.91 Å². The molecule has 0 radical (unpaired) electrons. The van der Waals surface area contributed by atoms with E-state index in [0.29, 0.717) is 12.5 Å². The number of ether oxygens (including phenoxy) is 2. The van der Waals surface area contributed by atoms with Crippen LogP contribution in [0.2, 0.25) is 0 Å². The average molecular weight is 682 g/mol. The lowest BCUT2D eigenvalue weighted by Gasteiger charge is -2.39. The zero-order valence-corrected chi connectivity index (χ0v) is 31.4. The van der Waals surface area contributed by atoms with E-state index in [0.717, 1.165) is 38.2 Å². The van der Waals surface area contributed by atoms with Crippen molar-refractivity contribution in [2.24, 2.45) is 5.92 Å². The first kappa shape index (κ1) is 42.2. The molecule has 2 aromatic rings. The molecular weight excluding hydrogens is 614 g/mol. The van der Waals surface area contributed by atoms with Crippen LogP contribution in [0.1, 0.15) is 109 Å². The molecule has 3 rings (SSSR count). The van der Waals surface area contributed by atoms with E-state index < -0.39 is 12.6 Å². The van der Waals surface area contributed by atoms with Crippen LogP contribution in [0.5, 0.6) is 5.75 Å². The van der Waals surface area contributed by atoms with Gasteiger partial charge in [0.15, 0.2) is 0 Å². The van der Waals surface area contributed by atoms with Gasteiger partial charge in [0.25, 0.3) is 0 Å². The highest BCUT2D eigenvalue weighted by molar-refractivity contribution is 5.77. The maximum atomic E-state index is 11.8. The Hall–Kier alpha value is -2.94. The average Bonchev–Trinajstić information content (AvgIpc) is 3.12. The van der Waals surface area contributed by atoms with Crippen LogP contribution in [0.15, 0.2) is 54.6 Å². The summed E-state index contributed by atoms with van der Waals surface area (Å²) in [6.45, 7) is 17.4. The number of amides is 1. The summed E-state index contributed by atoms with van der Waals surface area (Å²) < 4.78 is 11.5. The van der Waals surface area contributed by atoms with E-state index >= 15 is 0 Å². The summed E-state index contributed by atoms with van der Waals surface area (Å²) in [6.07, 6.45) is 13.3. The van der Waals surface area contributed by atoms with Gasteiger partial charge in [-0.05, 0) is 74.2 Å². The Morgan fingerprint density at radius 1 is 0.837 bits per heavy atom. The van der Waals surface area contributed by atoms with Crippen LogP contribution in [0, 0.1) is 5.92 Å². The van der Waals surface area contributed by atoms with Gasteiger partial charge in [-0.25, -0.2) is 0 Å². The highest BCUT2D eigenvalue weighted by Crippen LogP contribution is 2.37. The van der Waals surface area contributed by atoms with Crippen LogP contribution < -0.4 is 15.2 Å². The number of carbonyl (C=O) groups is 2. The molecule has 1 fully saturated rings. The van der Waals surface area contributed by atoms with Crippen LogP contribution in [0.3, 0.4) is 0 Å². The third-order valence-corrected chi connectivity index (χ3v) is 9.79. The molecule has 1 N–H and O–H groups in total. The van der Waals surface area contributed by atoms with E-state index in [-0.39, 0.29) is 18.4 Å². The minimum Gasteiger partial charge on any atom is -0.548 e. The molecule has 1 heterocycles. The van der Waals surface area contributed by atoms with Crippen molar-refractivity contribution in [3.05, 3.63) is 65.7 Å². The standard InChI is InChI=1S/C25H32N2O5.C16H36N/c1-31-22-11-9-20(10-12-22)25(19-6-3-2-4-7-19)21-8-5-14-27(16-21)15-13-26-23(28)17-32-18-24(29)30;1-5-9-13-17(14-10-6-2,15-11-7-3)16-12-8-4/h2-4,6-7,9-12,21,25H,5,8,13-18H2,1H3,(H,26,28)(H,29,30);5-16H2,1-4H3/q;+1/p-1. The summed E-state index contributed by atoms with van der Waals surface area (Å²) in [7, 11) is 1.68. The number of carboxylic acid groups (broad SMARTS) is 1. The monoisotopic (exact) mass is 682 g/mol. The lowest BCUT2D eigenvalue weighted by Crippen LogP contribution is -2.50. The van der Waals surface area contributed by atoms with Gasteiger partial charge in [0.05, 0.1) is 45.9 Å². The maximum absolute atomic E-state index is 11.8. The molecule has 2 unspecified atom stereocenters. The third kappa shape index (κ3) is 16.5. The summed E-state index contributed by atoms with van der Waals surface area (Å²) in [5, 5.41) is 13.1. The highest BCUT2D eigenvalue weighted by Gasteiger charge is 2.29. The van der Waals surface area contributed by atoms with Crippen molar-refractivity contribution in [3.8, 4) is 5.75 Å². The second kappa shape index (κ2) is 25.1. The maximum Gasteiger partial charge on any atom is 0.246 e. The van der Waals surface area contributed by atoms with Crippen molar-refractivity contribution in [2.75, 3.05) is 72.7 Å². The summed E-state index contributed by atoms with van der Waals surface area (Å²) in [6, 6.07) is 19.0. The number of methoxy groups -OCH3 is 1. The molecule has 1 aliphatic heterocycles. The molecule has 0 bridgehead atoms. The van der Waals surface area contributed by atoms with Gasteiger partial charge >= 0.3 is 0 Å². The fraction of sp³-hybridized carbons (Fsp3) is 0.659. The topological polar surface area (TPSA) is 90.9 Å². The molecule has 1 amide bonds. The van der Waals surface area contributed by atoms with Gasteiger partial charge in [0.1, 0.15) is 12.4 Å². The number of benzene rings is 2. The molecule has 1 aliphatic rings. The summed E-state index contributed by atoms with van der Waals surface area (Å²) in [5.41, 5.74) is 2.59. The lowest BCUT2D eigenvalue weighted by molar-refractivity contribution is -0.929. The van der Waals surface area contributed by atoms with Gasteiger partial charge in [-0.15, -0.1) is 0 Å². The number of quaternary nitrogens is 1. The molecule has 0 spiro atoms. The van der Waals surface area contributed by atoms with Crippen molar-refractivity contribution < 1.29 is 28.7 Å². The molecule has 49 heavy (non-hydrogen) atoms. The molecule has 0 saturated carbocycles. The van der Waals surface area contributed by atoms with Crippen LogP contribution in [-0.4, -0.2) is 93.9 Å². The Balaban J connectivity index is 0.000000417. The van der Waals surface area contributed by atoms with Crippen LogP contribution in [0.25, 0.3) is 0 Å².